The SMILES string of the molecule is CN[C@@H](CC(=O)O)C(=O)NC[C@@H](NC)C(=O)O. The van der Waals surface area contributed by atoms with Crippen molar-refractivity contribution >= 4 is 17.8 Å². The minimum atomic E-state index is -1.11. The normalized spacial score (nSPS) is 13.8. The van der Waals surface area contributed by atoms with Gasteiger partial charge in [0.25, 0.3) is 0 Å². The lowest BCUT2D eigenvalue weighted by Gasteiger charge is -2.16. The van der Waals surface area contributed by atoms with E-state index in [1.807, 2.05) is 0 Å². The predicted molar refractivity (Wildman–Crippen MR) is 58.6 cm³/mol. The van der Waals surface area contributed by atoms with E-state index in [4.69, 9.17) is 10.2 Å². The van der Waals surface area contributed by atoms with Gasteiger partial charge >= 0.3 is 11.9 Å². The lowest BCUT2D eigenvalue weighted by Crippen LogP contribution is -2.50. The van der Waals surface area contributed by atoms with Crippen LogP contribution in [-0.2, 0) is 14.4 Å². The second-order valence-electron chi connectivity index (χ2n) is 3.36. The van der Waals surface area contributed by atoms with Gasteiger partial charge in [0, 0.05) is 6.54 Å². The molecule has 0 aliphatic carbocycles. The summed E-state index contributed by atoms with van der Waals surface area (Å²) in [6.07, 6.45) is -0.361. The molecule has 8 nitrogen and oxygen atoms in total. The Hall–Kier alpha value is -1.67. The molecule has 0 rings (SSSR count). The molecule has 2 atom stereocenters. The molecule has 0 aromatic carbocycles. The Morgan fingerprint density at radius 1 is 1.06 bits per heavy atom. The molecule has 0 aromatic rings. The highest BCUT2D eigenvalue weighted by Gasteiger charge is 2.22. The van der Waals surface area contributed by atoms with Gasteiger partial charge in [0.2, 0.25) is 5.91 Å². The fourth-order valence-electron chi connectivity index (χ4n) is 1.14. The Morgan fingerprint density at radius 2 is 1.59 bits per heavy atom. The van der Waals surface area contributed by atoms with Gasteiger partial charge in [-0.05, 0) is 14.1 Å². The maximum atomic E-state index is 11.5. The Bertz CT molecular complexity index is 294. The minimum Gasteiger partial charge on any atom is -0.481 e. The van der Waals surface area contributed by atoms with Crippen molar-refractivity contribution in [2.45, 2.75) is 18.5 Å². The van der Waals surface area contributed by atoms with Crippen LogP contribution in [0.25, 0.3) is 0 Å². The molecule has 1 amide bonds. The number of hydrogen-bond donors (Lipinski definition) is 5. The molecule has 8 heteroatoms. The van der Waals surface area contributed by atoms with Crippen LogP contribution in [0.2, 0.25) is 0 Å². The maximum Gasteiger partial charge on any atom is 0.322 e. The molecular formula is C9H17N3O5. The summed E-state index contributed by atoms with van der Waals surface area (Å²) in [4.78, 5) is 32.6. The Morgan fingerprint density at radius 3 is 1.94 bits per heavy atom. The number of aliphatic carboxylic acids is 2. The van der Waals surface area contributed by atoms with E-state index < -0.39 is 29.9 Å². The summed E-state index contributed by atoms with van der Waals surface area (Å²) in [5.41, 5.74) is 0. The molecule has 0 radical (unpaired) electrons. The molecule has 17 heavy (non-hydrogen) atoms. The van der Waals surface area contributed by atoms with Crippen molar-refractivity contribution < 1.29 is 24.6 Å². The molecule has 98 valence electrons. The molecule has 0 aliphatic heterocycles. The van der Waals surface area contributed by atoms with Gasteiger partial charge in [0.1, 0.15) is 6.04 Å². The van der Waals surface area contributed by atoms with E-state index in [1.54, 1.807) is 0 Å². The fraction of sp³-hybridized carbons (Fsp3) is 0.667. The van der Waals surface area contributed by atoms with Crippen molar-refractivity contribution in [3.63, 3.8) is 0 Å². The average Bonchev–Trinajstić information content (AvgIpc) is 2.25. The lowest BCUT2D eigenvalue weighted by molar-refractivity contribution is -0.141. The number of carboxylic acid groups (broad SMARTS) is 2. The third-order valence-electron chi connectivity index (χ3n) is 2.17. The lowest BCUT2D eigenvalue weighted by atomic mass is 10.2. The van der Waals surface area contributed by atoms with Crippen LogP contribution in [0.5, 0.6) is 0 Å². The van der Waals surface area contributed by atoms with Crippen LogP contribution in [0.3, 0.4) is 0 Å². The van der Waals surface area contributed by atoms with Gasteiger partial charge in [-0.15, -0.1) is 0 Å². The van der Waals surface area contributed by atoms with Crippen LogP contribution >= 0.6 is 0 Å². The van der Waals surface area contributed by atoms with Gasteiger partial charge in [-0.2, -0.15) is 0 Å². The summed E-state index contributed by atoms with van der Waals surface area (Å²) in [7, 11) is 2.91. The minimum absolute atomic E-state index is 0.109. The summed E-state index contributed by atoms with van der Waals surface area (Å²) >= 11 is 0. The van der Waals surface area contributed by atoms with E-state index in [9.17, 15) is 14.4 Å². The number of hydrogen-bond acceptors (Lipinski definition) is 5. The van der Waals surface area contributed by atoms with E-state index in [-0.39, 0.29) is 13.0 Å². The van der Waals surface area contributed by atoms with Crippen molar-refractivity contribution in [3.05, 3.63) is 0 Å². The fourth-order valence-corrected chi connectivity index (χ4v) is 1.14. The van der Waals surface area contributed by atoms with Gasteiger partial charge < -0.3 is 26.2 Å². The molecule has 0 saturated heterocycles. The summed E-state index contributed by atoms with van der Waals surface area (Å²) in [6.45, 7) is -0.109. The second kappa shape index (κ2) is 7.58. The first kappa shape index (κ1) is 15.3. The molecule has 0 unspecified atom stereocenters. The molecule has 0 fully saturated rings. The van der Waals surface area contributed by atoms with Gasteiger partial charge in [0.15, 0.2) is 0 Å². The second-order valence-corrected chi connectivity index (χ2v) is 3.36. The molecule has 0 heterocycles. The van der Waals surface area contributed by atoms with E-state index in [2.05, 4.69) is 16.0 Å². The highest BCUT2D eigenvalue weighted by molar-refractivity contribution is 5.86. The Balaban J connectivity index is 4.22. The Kier molecular flexibility index (Phi) is 6.83. The third-order valence-corrected chi connectivity index (χ3v) is 2.17. The maximum absolute atomic E-state index is 11.5. The monoisotopic (exact) mass is 247 g/mol. The van der Waals surface area contributed by atoms with Crippen molar-refractivity contribution in [2.24, 2.45) is 0 Å². The van der Waals surface area contributed by atoms with Crippen molar-refractivity contribution in [2.75, 3.05) is 20.6 Å². The standard InChI is InChI=1S/C9H17N3O5/c1-10-5(3-7(13)14)8(15)12-4-6(11-2)9(16)17/h5-6,10-11H,3-4H2,1-2H3,(H,12,15)(H,13,14)(H,16,17)/t5-,6+/m0/s1. The van der Waals surface area contributed by atoms with Gasteiger partial charge in [-0.1, -0.05) is 0 Å². The summed E-state index contributed by atoms with van der Waals surface area (Å²) in [6, 6.07) is -1.78. The van der Waals surface area contributed by atoms with Crippen molar-refractivity contribution in [1.82, 2.24) is 16.0 Å². The van der Waals surface area contributed by atoms with E-state index in [1.165, 1.54) is 14.1 Å². The highest BCUT2D eigenvalue weighted by atomic mass is 16.4. The number of likely N-dealkylation sites (N-methyl/N-ethyl adjacent to an activating group) is 2. The van der Waals surface area contributed by atoms with Crippen LogP contribution in [0.15, 0.2) is 0 Å². The zero-order valence-corrected chi connectivity index (χ0v) is 9.69. The first-order chi connectivity index (χ1) is 7.92. The molecular weight excluding hydrogens is 230 g/mol. The van der Waals surface area contributed by atoms with Gasteiger partial charge in [-0.25, -0.2) is 0 Å². The molecule has 0 spiro atoms. The smallest absolute Gasteiger partial charge is 0.322 e. The molecule has 0 bridgehead atoms. The van der Waals surface area contributed by atoms with E-state index >= 15 is 0 Å². The largest absolute Gasteiger partial charge is 0.481 e. The zero-order chi connectivity index (χ0) is 13.4. The topological polar surface area (TPSA) is 128 Å². The predicted octanol–water partition coefficient (Wildman–Crippen LogP) is -2.16. The van der Waals surface area contributed by atoms with Gasteiger partial charge in [-0.3, -0.25) is 14.4 Å². The summed E-state index contributed by atoms with van der Waals surface area (Å²) in [5, 5.41) is 24.7. The van der Waals surface area contributed by atoms with Gasteiger partial charge in [0.05, 0.1) is 12.5 Å². The third kappa shape index (κ3) is 5.83. The van der Waals surface area contributed by atoms with E-state index in [0.29, 0.717) is 0 Å². The van der Waals surface area contributed by atoms with Crippen LogP contribution in [0.4, 0.5) is 0 Å². The first-order valence-corrected chi connectivity index (χ1v) is 4.99. The van der Waals surface area contributed by atoms with Crippen molar-refractivity contribution in [1.29, 1.82) is 0 Å². The number of amides is 1. The Labute approximate surface area is 98.4 Å². The van der Waals surface area contributed by atoms with E-state index in [0.717, 1.165) is 0 Å². The molecule has 0 aromatic heterocycles. The number of carboxylic acids is 2. The number of carbonyl (C=O) groups excluding carboxylic acids is 1. The molecule has 5 N–H and O–H groups in total. The first-order valence-electron chi connectivity index (χ1n) is 4.99. The summed E-state index contributed by atoms with van der Waals surface area (Å²) < 4.78 is 0. The van der Waals surface area contributed by atoms with Crippen LogP contribution < -0.4 is 16.0 Å². The summed E-state index contributed by atoms with van der Waals surface area (Å²) in [5.74, 6) is -2.74. The van der Waals surface area contributed by atoms with Crippen LogP contribution in [0.1, 0.15) is 6.42 Å². The number of rotatable bonds is 8. The quantitative estimate of drug-likeness (QED) is 0.330. The average molecular weight is 247 g/mol. The number of carbonyl (C=O) groups is 3. The van der Waals surface area contributed by atoms with Crippen LogP contribution in [-0.4, -0.2) is 60.8 Å². The molecule has 0 saturated carbocycles. The van der Waals surface area contributed by atoms with Crippen molar-refractivity contribution in [3.8, 4) is 0 Å². The zero-order valence-electron chi connectivity index (χ0n) is 9.69. The molecule has 0 aliphatic rings. The van der Waals surface area contributed by atoms with Crippen LogP contribution in [0, 0.1) is 0 Å². The highest BCUT2D eigenvalue weighted by Crippen LogP contribution is 1.92. The number of nitrogens with one attached hydrogen (secondary N) is 3.